The van der Waals surface area contributed by atoms with Gasteiger partial charge in [0, 0.05) is 11.6 Å². The fourth-order valence-electron chi connectivity index (χ4n) is 1.78. The Labute approximate surface area is 131 Å². The molecule has 20 heavy (non-hydrogen) atoms. The van der Waals surface area contributed by atoms with Crippen LogP contribution in [0.4, 0.5) is 5.69 Å². The first-order valence-corrected chi connectivity index (χ1v) is 7.41. The van der Waals surface area contributed by atoms with Crippen LogP contribution in [0, 0.1) is 0 Å². The molecule has 0 aromatic heterocycles. The summed E-state index contributed by atoms with van der Waals surface area (Å²) in [5, 5.41) is 13.4. The second-order valence-corrected chi connectivity index (χ2v) is 5.50. The summed E-state index contributed by atoms with van der Waals surface area (Å²) in [5.41, 5.74) is 1.89. The van der Waals surface area contributed by atoms with Crippen molar-refractivity contribution in [2.75, 3.05) is 11.9 Å². The van der Waals surface area contributed by atoms with Gasteiger partial charge in [-0.1, -0.05) is 17.7 Å². The molecule has 0 unspecified atom stereocenters. The Bertz CT molecular complexity index is 604. The van der Waals surface area contributed by atoms with Crippen molar-refractivity contribution < 1.29 is 9.84 Å². The van der Waals surface area contributed by atoms with Crippen LogP contribution in [0.2, 0.25) is 5.02 Å². The first-order valence-electron chi connectivity index (χ1n) is 6.23. The summed E-state index contributed by atoms with van der Waals surface area (Å²) in [6.07, 6.45) is 0. The Hall–Kier alpha value is -1.39. The van der Waals surface area contributed by atoms with Crippen molar-refractivity contribution in [2.24, 2.45) is 0 Å². The molecule has 0 radical (unpaired) electrons. The molecule has 106 valence electrons. The van der Waals surface area contributed by atoms with E-state index in [0.29, 0.717) is 22.6 Å². The van der Waals surface area contributed by atoms with Crippen molar-refractivity contribution in [1.29, 1.82) is 0 Å². The molecule has 0 spiro atoms. The lowest BCUT2D eigenvalue weighted by Gasteiger charge is -2.13. The lowest BCUT2D eigenvalue weighted by molar-refractivity contribution is 0.341. The highest BCUT2D eigenvalue weighted by atomic mass is 79.9. The second kappa shape index (κ2) is 6.86. The van der Waals surface area contributed by atoms with Crippen LogP contribution in [-0.2, 0) is 6.54 Å². The summed E-state index contributed by atoms with van der Waals surface area (Å²) < 4.78 is 6.23. The van der Waals surface area contributed by atoms with Crippen molar-refractivity contribution in [3.05, 3.63) is 51.5 Å². The van der Waals surface area contributed by atoms with Gasteiger partial charge in [0.25, 0.3) is 0 Å². The third-order valence-electron chi connectivity index (χ3n) is 2.74. The van der Waals surface area contributed by atoms with Crippen LogP contribution in [0.1, 0.15) is 12.5 Å². The summed E-state index contributed by atoms with van der Waals surface area (Å²) >= 11 is 9.31. The van der Waals surface area contributed by atoms with E-state index in [-0.39, 0.29) is 5.75 Å². The Balaban J connectivity index is 2.13. The van der Waals surface area contributed by atoms with Crippen LogP contribution in [0.25, 0.3) is 0 Å². The maximum Gasteiger partial charge on any atom is 0.142 e. The van der Waals surface area contributed by atoms with E-state index in [2.05, 4.69) is 21.2 Å². The van der Waals surface area contributed by atoms with E-state index >= 15 is 0 Å². The molecule has 2 aromatic carbocycles. The van der Waals surface area contributed by atoms with Gasteiger partial charge in [0.1, 0.15) is 11.5 Å². The average molecular weight is 357 g/mol. The van der Waals surface area contributed by atoms with E-state index < -0.39 is 0 Å². The molecule has 0 atom stereocenters. The van der Waals surface area contributed by atoms with Crippen molar-refractivity contribution in [2.45, 2.75) is 13.5 Å². The minimum absolute atomic E-state index is 0.228. The number of ether oxygens (including phenoxy) is 1. The van der Waals surface area contributed by atoms with E-state index in [4.69, 9.17) is 16.3 Å². The Morgan fingerprint density at radius 3 is 2.75 bits per heavy atom. The van der Waals surface area contributed by atoms with Crippen LogP contribution in [0.3, 0.4) is 0 Å². The number of phenols is 1. The van der Waals surface area contributed by atoms with Gasteiger partial charge in [-0.3, -0.25) is 0 Å². The summed E-state index contributed by atoms with van der Waals surface area (Å²) in [4.78, 5) is 0. The molecule has 0 aliphatic carbocycles. The van der Waals surface area contributed by atoms with Gasteiger partial charge in [-0.15, -0.1) is 0 Å². The predicted molar refractivity (Wildman–Crippen MR) is 85.8 cm³/mol. The van der Waals surface area contributed by atoms with E-state index in [9.17, 15) is 5.11 Å². The number of anilines is 1. The fraction of sp³-hybridized carbons (Fsp3) is 0.200. The number of benzene rings is 2. The maximum absolute atomic E-state index is 9.47. The molecule has 0 amide bonds. The molecule has 2 rings (SSSR count). The largest absolute Gasteiger partial charge is 0.507 e. The maximum atomic E-state index is 9.47. The quantitative estimate of drug-likeness (QED) is 0.807. The number of hydrogen-bond acceptors (Lipinski definition) is 3. The summed E-state index contributed by atoms with van der Waals surface area (Å²) in [7, 11) is 0. The van der Waals surface area contributed by atoms with Crippen LogP contribution < -0.4 is 10.1 Å². The normalized spacial score (nSPS) is 10.3. The van der Waals surface area contributed by atoms with Gasteiger partial charge in [0.2, 0.25) is 0 Å². The molecule has 0 fully saturated rings. The molecule has 5 heteroatoms. The van der Waals surface area contributed by atoms with Crippen LogP contribution >= 0.6 is 27.5 Å². The van der Waals surface area contributed by atoms with Crippen LogP contribution in [-0.4, -0.2) is 11.7 Å². The zero-order chi connectivity index (χ0) is 14.5. The van der Waals surface area contributed by atoms with Gasteiger partial charge in [-0.25, -0.2) is 0 Å². The molecule has 0 bridgehead atoms. The lowest BCUT2D eigenvalue weighted by atomic mass is 10.2. The summed E-state index contributed by atoms with van der Waals surface area (Å²) in [6, 6.07) is 10.9. The van der Waals surface area contributed by atoms with Crippen molar-refractivity contribution >= 4 is 33.2 Å². The van der Waals surface area contributed by atoms with Gasteiger partial charge in [0.05, 0.1) is 16.8 Å². The Kier molecular flexibility index (Phi) is 5.15. The van der Waals surface area contributed by atoms with Crippen molar-refractivity contribution in [3.8, 4) is 11.5 Å². The topological polar surface area (TPSA) is 41.5 Å². The fourth-order valence-corrected chi connectivity index (χ4v) is 2.38. The van der Waals surface area contributed by atoms with E-state index in [1.807, 2.05) is 31.2 Å². The lowest BCUT2D eigenvalue weighted by Crippen LogP contribution is -2.02. The second-order valence-electron chi connectivity index (χ2n) is 4.21. The van der Waals surface area contributed by atoms with Crippen LogP contribution in [0.5, 0.6) is 11.5 Å². The highest BCUT2D eigenvalue weighted by Crippen LogP contribution is 2.29. The molecular weight excluding hydrogens is 342 g/mol. The molecule has 0 saturated heterocycles. The number of halogens is 2. The number of nitrogens with one attached hydrogen (secondary N) is 1. The monoisotopic (exact) mass is 355 g/mol. The van der Waals surface area contributed by atoms with Crippen molar-refractivity contribution in [3.63, 3.8) is 0 Å². The highest BCUT2D eigenvalue weighted by Gasteiger charge is 2.05. The molecule has 2 N–H and O–H groups in total. The number of aromatic hydroxyl groups is 1. The van der Waals surface area contributed by atoms with E-state index in [1.54, 1.807) is 12.1 Å². The average Bonchev–Trinajstić information content (AvgIpc) is 2.43. The summed E-state index contributed by atoms with van der Waals surface area (Å²) in [6.45, 7) is 3.15. The zero-order valence-electron chi connectivity index (χ0n) is 11.0. The first-order chi connectivity index (χ1) is 9.60. The third-order valence-corrected chi connectivity index (χ3v) is 3.61. The predicted octanol–water partition coefficient (Wildman–Crippen LogP) is 4.82. The molecule has 0 saturated carbocycles. The first kappa shape index (κ1) is 15.0. The van der Waals surface area contributed by atoms with Gasteiger partial charge in [-0.05, 0) is 58.7 Å². The minimum Gasteiger partial charge on any atom is -0.507 e. The molecular formula is C15H15BrClNO2. The number of rotatable bonds is 5. The smallest absolute Gasteiger partial charge is 0.142 e. The summed E-state index contributed by atoms with van der Waals surface area (Å²) in [5.74, 6) is 1.00. The van der Waals surface area contributed by atoms with E-state index in [1.165, 1.54) is 0 Å². The van der Waals surface area contributed by atoms with Crippen molar-refractivity contribution in [1.82, 2.24) is 0 Å². The Morgan fingerprint density at radius 1 is 1.25 bits per heavy atom. The zero-order valence-corrected chi connectivity index (χ0v) is 13.3. The Morgan fingerprint density at radius 2 is 2.05 bits per heavy atom. The molecule has 2 aromatic rings. The molecule has 0 aliphatic heterocycles. The van der Waals surface area contributed by atoms with Gasteiger partial charge in [-0.2, -0.15) is 0 Å². The van der Waals surface area contributed by atoms with Gasteiger partial charge >= 0.3 is 0 Å². The highest BCUT2D eigenvalue weighted by molar-refractivity contribution is 9.10. The minimum atomic E-state index is 0.228. The number of phenolic OH excluding ortho intramolecular Hbond substituents is 1. The molecule has 0 aliphatic rings. The van der Waals surface area contributed by atoms with Gasteiger partial charge < -0.3 is 15.2 Å². The molecule has 3 nitrogen and oxygen atoms in total. The molecule has 0 heterocycles. The van der Waals surface area contributed by atoms with E-state index in [0.717, 1.165) is 17.0 Å². The standard InChI is InChI=1S/C15H15BrClNO2/c1-2-20-15-6-4-11(17)8-13(15)18-9-10-3-5-14(19)12(16)7-10/h3-8,18-19H,2,9H2,1H3. The SMILES string of the molecule is CCOc1ccc(Cl)cc1NCc1ccc(O)c(Br)c1. The third kappa shape index (κ3) is 3.81. The number of hydrogen-bond donors (Lipinski definition) is 2. The van der Waals surface area contributed by atoms with Crippen LogP contribution in [0.15, 0.2) is 40.9 Å². The van der Waals surface area contributed by atoms with Gasteiger partial charge in [0.15, 0.2) is 0 Å².